The van der Waals surface area contributed by atoms with Gasteiger partial charge in [-0.3, -0.25) is 4.79 Å². The van der Waals surface area contributed by atoms with Gasteiger partial charge in [0.05, 0.1) is 4.88 Å². The lowest BCUT2D eigenvalue weighted by Gasteiger charge is -2.02. The van der Waals surface area contributed by atoms with Crippen molar-refractivity contribution in [3.8, 4) is 11.5 Å². The highest BCUT2D eigenvalue weighted by molar-refractivity contribution is 7.12. The molecule has 118 valence electrons. The Morgan fingerprint density at radius 3 is 2.79 bits per heavy atom. The summed E-state index contributed by atoms with van der Waals surface area (Å²) in [4.78, 5) is 17.3. The Labute approximate surface area is 142 Å². The number of carbonyl (C=O) groups excluding carboxylic acids is 1. The molecule has 0 aliphatic rings. The minimum Gasteiger partial charge on any atom is -0.436 e. The SMILES string of the molecule is Cc1ccccc1-c1nc2ccc(NC(=O)c3cccs3)cc2o1. The molecule has 4 rings (SSSR count). The number of fused-ring (bicyclic) bond motifs is 1. The lowest BCUT2D eigenvalue weighted by Crippen LogP contribution is -2.09. The Morgan fingerprint density at radius 1 is 1.12 bits per heavy atom. The Morgan fingerprint density at radius 2 is 2.00 bits per heavy atom. The molecule has 0 saturated heterocycles. The van der Waals surface area contributed by atoms with Gasteiger partial charge in [-0.2, -0.15) is 0 Å². The molecule has 24 heavy (non-hydrogen) atoms. The lowest BCUT2D eigenvalue weighted by atomic mass is 10.1. The number of carbonyl (C=O) groups is 1. The van der Waals surface area contributed by atoms with E-state index in [9.17, 15) is 4.79 Å². The maximum atomic E-state index is 12.1. The van der Waals surface area contributed by atoms with Crippen molar-refractivity contribution in [3.63, 3.8) is 0 Å². The second kappa shape index (κ2) is 5.94. The number of nitrogens with zero attached hydrogens (tertiary/aromatic N) is 1. The van der Waals surface area contributed by atoms with Gasteiger partial charge in [0.25, 0.3) is 5.91 Å². The Kier molecular flexibility index (Phi) is 3.63. The summed E-state index contributed by atoms with van der Waals surface area (Å²) in [6.07, 6.45) is 0. The number of hydrogen-bond donors (Lipinski definition) is 1. The van der Waals surface area contributed by atoms with Gasteiger partial charge >= 0.3 is 0 Å². The van der Waals surface area contributed by atoms with E-state index in [0.717, 1.165) is 16.6 Å². The average Bonchev–Trinajstić information content (AvgIpc) is 3.24. The zero-order valence-electron chi connectivity index (χ0n) is 12.9. The molecular formula is C19H14N2O2S. The van der Waals surface area contributed by atoms with Crippen LogP contribution in [-0.4, -0.2) is 10.9 Å². The fourth-order valence-electron chi connectivity index (χ4n) is 2.53. The molecule has 4 aromatic rings. The summed E-state index contributed by atoms with van der Waals surface area (Å²) in [6.45, 7) is 2.02. The van der Waals surface area contributed by atoms with Crippen LogP contribution in [0.2, 0.25) is 0 Å². The van der Waals surface area contributed by atoms with Gasteiger partial charge in [-0.15, -0.1) is 11.3 Å². The van der Waals surface area contributed by atoms with E-state index in [1.54, 1.807) is 12.1 Å². The van der Waals surface area contributed by atoms with Crippen LogP contribution in [0, 0.1) is 6.92 Å². The van der Waals surface area contributed by atoms with Crippen LogP contribution in [0.5, 0.6) is 0 Å². The molecule has 1 N–H and O–H groups in total. The van der Waals surface area contributed by atoms with E-state index in [1.165, 1.54) is 11.3 Å². The van der Waals surface area contributed by atoms with Gasteiger partial charge in [0.2, 0.25) is 5.89 Å². The smallest absolute Gasteiger partial charge is 0.265 e. The molecule has 2 aromatic heterocycles. The highest BCUT2D eigenvalue weighted by Crippen LogP contribution is 2.28. The summed E-state index contributed by atoms with van der Waals surface area (Å²) in [5.41, 5.74) is 4.18. The number of oxazole rings is 1. The lowest BCUT2D eigenvalue weighted by molar-refractivity contribution is 0.103. The third kappa shape index (κ3) is 2.70. The molecule has 1 amide bonds. The highest BCUT2D eigenvalue weighted by Gasteiger charge is 2.12. The molecule has 0 aliphatic carbocycles. The number of amides is 1. The predicted octanol–water partition coefficient (Wildman–Crippen LogP) is 5.12. The van der Waals surface area contributed by atoms with Crippen LogP contribution in [0.1, 0.15) is 15.2 Å². The summed E-state index contributed by atoms with van der Waals surface area (Å²) < 4.78 is 5.89. The van der Waals surface area contributed by atoms with Crippen LogP contribution in [0.3, 0.4) is 0 Å². The average molecular weight is 334 g/mol. The summed E-state index contributed by atoms with van der Waals surface area (Å²) >= 11 is 1.41. The van der Waals surface area contributed by atoms with Gasteiger partial charge in [0.1, 0.15) is 5.52 Å². The van der Waals surface area contributed by atoms with E-state index >= 15 is 0 Å². The monoisotopic (exact) mass is 334 g/mol. The van der Waals surface area contributed by atoms with Crippen molar-refractivity contribution < 1.29 is 9.21 Å². The molecule has 0 spiro atoms. The number of benzene rings is 2. The number of rotatable bonds is 3. The number of thiophene rings is 1. The second-order valence-electron chi connectivity index (χ2n) is 5.45. The minimum atomic E-state index is -0.122. The van der Waals surface area contributed by atoms with Crippen molar-refractivity contribution in [1.82, 2.24) is 4.98 Å². The van der Waals surface area contributed by atoms with Gasteiger partial charge in [-0.1, -0.05) is 24.3 Å². The second-order valence-corrected chi connectivity index (χ2v) is 6.40. The summed E-state index contributed by atoms with van der Waals surface area (Å²) in [7, 11) is 0. The van der Waals surface area contributed by atoms with Gasteiger partial charge in [-0.25, -0.2) is 4.98 Å². The topological polar surface area (TPSA) is 55.1 Å². The maximum absolute atomic E-state index is 12.1. The molecule has 0 atom stereocenters. The first-order valence-corrected chi connectivity index (χ1v) is 8.40. The largest absolute Gasteiger partial charge is 0.436 e. The van der Waals surface area contributed by atoms with E-state index in [4.69, 9.17) is 4.42 Å². The Bertz CT molecular complexity index is 1020. The van der Waals surface area contributed by atoms with E-state index in [0.29, 0.717) is 22.0 Å². The van der Waals surface area contributed by atoms with Crippen LogP contribution < -0.4 is 5.32 Å². The number of anilines is 1. The fraction of sp³-hybridized carbons (Fsp3) is 0.0526. The van der Waals surface area contributed by atoms with Crippen LogP contribution in [0.15, 0.2) is 64.4 Å². The van der Waals surface area contributed by atoms with E-state index in [1.807, 2.05) is 54.8 Å². The maximum Gasteiger partial charge on any atom is 0.265 e. The number of aryl methyl sites for hydroxylation is 1. The van der Waals surface area contributed by atoms with Gasteiger partial charge in [-0.05, 0) is 42.1 Å². The molecule has 0 radical (unpaired) electrons. The third-order valence-electron chi connectivity index (χ3n) is 3.77. The van der Waals surface area contributed by atoms with Crippen molar-refractivity contribution in [2.45, 2.75) is 6.92 Å². The Hall–Kier alpha value is -2.92. The van der Waals surface area contributed by atoms with Crippen molar-refractivity contribution in [1.29, 1.82) is 0 Å². The normalized spacial score (nSPS) is 10.9. The molecule has 2 aromatic carbocycles. The first kappa shape index (κ1) is 14.7. The van der Waals surface area contributed by atoms with Gasteiger partial charge < -0.3 is 9.73 Å². The van der Waals surface area contributed by atoms with Crippen molar-refractivity contribution in [2.24, 2.45) is 0 Å². The van der Waals surface area contributed by atoms with Gasteiger partial charge in [0.15, 0.2) is 5.58 Å². The number of aromatic nitrogens is 1. The molecule has 0 saturated carbocycles. The zero-order chi connectivity index (χ0) is 16.5. The van der Waals surface area contributed by atoms with Gasteiger partial charge in [0, 0.05) is 17.3 Å². The fourth-order valence-corrected chi connectivity index (χ4v) is 3.15. The van der Waals surface area contributed by atoms with Crippen LogP contribution in [-0.2, 0) is 0 Å². The summed E-state index contributed by atoms with van der Waals surface area (Å²) in [5.74, 6) is 0.466. The molecule has 0 unspecified atom stereocenters. The van der Waals surface area contributed by atoms with E-state index in [-0.39, 0.29) is 5.91 Å². The van der Waals surface area contributed by atoms with Crippen molar-refractivity contribution >= 4 is 34.0 Å². The molecule has 0 fully saturated rings. The molecule has 2 heterocycles. The zero-order valence-corrected chi connectivity index (χ0v) is 13.8. The highest BCUT2D eigenvalue weighted by atomic mass is 32.1. The molecular weight excluding hydrogens is 320 g/mol. The first-order chi connectivity index (χ1) is 11.7. The molecule has 0 aliphatic heterocycles. The summed E-state index contributed by atoms with van der Waals surface area (Å²) in [5, 5.41) is 4.76. The molecule has 5 heteroatoms. The molecule has 4 nitrogen and oxygen atoms in total. The standard InChI is InChI=1S/C19H14N2O2S/c1-12-5-2-3-6-14(12)19-21-15-9-8-13(11-16(15)23-19)20-18(22)17-7-4-10-24-17/h2-11H,1H3,(H,20,22). The van der Waals surface area contributed by atoms with E-state index in [2.05, 4.69) is 10.3 Å². The Balaban J connectivity index is 1.66. The predicted molar refractivity (Wildman–Crippen MR) is 96.5 cm³/mol. The number of nitrogens with one attached hydrogen (secondary N) is 1. The van der Waals surface area contributed by atoms with Crippen molar-refractivity contribution in [3.05, 3.63) is 70.4 Å². The van der Waals surface area contributed by atoms with Crippen LogP contribution >= 0.6 is 11.3 Å². The molecule has 0 bridgehead atoms. The minimum absolute atomic E-state index is 0.122. The number of hydrogen-bond acceptors (Lipinski definition) is 4. The quantitative estimate of drug-likeness (QED) is 0.566. The first-order valence-electron chi connectivity index (χ1n) is 7.52. The van der Waals surface area contributed by atoms with E-state index < -0.39 is 0 Å². The summed E-state index contributed by atoms with van der Waals surface area (Å²) in [6, 6.07) is 17.1. The van der Waals surface area contributed by atoms with Crippen LogP contribution in [0.25, 0.3) is 22.6 Å². The van der Waals surface area contributed by atoms with Crippen molar-refractivity contribution in [2.75, 3.05) is 5.32 Å². The van der Waals surface area contributed by atoms with Crippen LogP contribution in [0.4, 0.5) is 5.69 Å². The third-order valence-corrected chi connectivity index (χ3v) is 4.64.